The van der Waals surface area contributed by atoms with E-state index in [1.165, 1.54) is 33.2 Å². The Hall–Kier alpha value is -1.19. The van der Waals surface area contributed by atoms with Crippen LogP contribution in [-0.4, -0.2) is 0 Å². The fourth-order valence-corrected chi connectivity index (χ4v) is 5.10. The zero-order chi connectivity index (χ0) is 15.1. The summed E-state index contributed by atoms with van der Waals surface area (Å²) in [5.74, 6) is -0.176. The first-order chi connectivity index (χ1) is 9.95. The number of hydrogen-bond donors (Lipinski definition) is 0. The molecule has 0 aliphatic heterocycles. The topological polar surface area (TPSA) is 0 Å². The molecule has 3 heteroatoms. The SMILES string of the molecule is Cc1cc(C)c(C(Br)c2cc3ccc(F)cc3s2)c(C)c1. The summed E-state index contributed by atoms with van der Waals surface area (Å²) in [6, 6.07) is 11.5. The Balaban J connectivity index is 2.10. The van der Waals surface area contributed by atoms with Crippen molar-refractivity contribution in [3.8, 4) is 0 Å². The number of aryl methyl sites for hydroxylation is 3. The average Bonchev–Trinajstić information content (AvgIpc) is 2.80. The van der Waals surface area contributed by atoms with Crippen molar-refractivity contribution in [3.63, 3.8) is 0 Å². The minimum absolute atomic E-state index is 0.151. The van der Waals surface area contributed by atoms with Gasteiger partial charge in [0, 0.05) is 9.58 Å². The van der Waals surface area contributed by atoms with Crippen LogP contribution in [0.4, 0.5) is 4.39 Å². The summed E-state index contributed by atoms with van der Waals surface area (Å²) in [5.41, 5.74) is 5.18. The highest BCUT2D eigenvalue weighted by Crippen LogP contribution is 2.41. The van der Waals surface area contributed by atoms with E-state index in [1.807, 2.05) is 6.07 Å². The third-order valence-corrected chi connectivity index (χ3v) is 6.16. The van der Waals surface area contributed by atoms with Gasteiger partial charge in [0.25, 0.3) is 0 Å². The minimum Gasteiger partial charge on any atom is -0.207 e. The van der Waals surface area contributed by atoms with Crippen LogP contribution >= 0.6 is 27.3 Å². The first-order valence-electron chi connectivity index (χ1n) is 6.86. The summed E-state index contributed by atoms with van der Waals surface area (Å²) in [4.78, 5) is 1.37. The van der Waals surface area contributed by atoms with Crippen LogP contribution < -0.4 is 0 Å². The van der Waals surface area contributed by atoms with Crippen molar-refractivity contribution >= 4 is 37.4 Å². The van der Waals surface area contributed by atoms with Gasteiger partial charge in [0.15, 0.2) is 0 Å². The van der Waals surface area contributed by atoms with Gasteiger partial charge in [0.2, 0.25) is 0 Å². The van der Waals surface area contributed by atoms with Crippen LogP contribution in [-0.2, 0) is 0 Å². The maximum Gasteiger partial charge on any atom is 0.124 e. The van der Waals surface area contributed by atoms with Crippen LogP contribution in [0.15, 0.2) is 36.4 Å². The lowest BCUT2D eigenvalue weighted by atomic mass is 9.96. The summed E-state index contributed by atoms with van der Waals surface area (Å²) in [6.45, 7) is 6.42. The van der Waals surface area contributed by atoms with Gasteiger partial charge in [-0.2, -0.15) is 0 Å². The number of benzene rings is 2. The van der Waals surface area contributed by atoms with Gasteiger partial charge < -0.3 is 0 Å². The second-order valence-corrected chi connectivity index (χ2v) is 7.54. The van der Waals surface area contributed by atoms with Crippen LogP contribution in [0.1, 0.15) is 32.0 Å². The normalized spacial score (nSPS) is 12.8. The number of hydrogen-bond acceptors (Lipinski definition) is 1. The molecule has 0 amide bonds. The molecule has 3 aromatic rings. The summed E-state index contributed by atoms with van der Waals surface area (Å²) in [5, 5.41) is 1.10. The third kappa shape index (κ3) is 2.77. The van der Waals surface area contributed by atoms with Gasteiger partial charge >= 0.3 is 0 Å². The molecule has 0 saturated carbocycles. The molecule has 1 atom stereocenters. The van der Waals surface area contributed by atoms with Gasteiger partial charge in [-0.15, -0.1) is 11.3 Å². The summed E-state index contributed by atoms with van der Waals surface area (Å²) < 4.78 is 14.3. The first kappa shape index (κ1) is 14.7. The predicted octanol–water partition coefficient (Wildman–Crippen LogP) is 6.45. The van der Waals surface area contributed by atoms with Crippen LogP contribution in [0.5, 0.6) is 0 Å². The zero-order valence-electron chi connectivity index (χ0n) is 12.2. The van der Waals surface area contributed by atoms with E-state index in [4.69, 9.17) is 0 Å². The van der Waals surface area contributed by atoms with Gasteiger partial charge in [0.05, 0.1) is 4.83 Å². The maximum absolute atomic E-state index is 13.3. The van der Waals surface area contributed by atoms with E-state index in [-0.39, 0.29) is 10.6 Å². The number of halogens is 2. The molecule has 0 aliphatic rings. The van der Waals surface area contributed by atoms with E-state index in [0.29, 0.717) is 0 Å². The van der Waals surface area contributed by atoms with Gasteiger partial charge in [-0.3, -0.25) is 0 Å². The molecule has 1 unspecified atom stereocenters. The average molecular weight is 363 g/mol. The summed E-state index contributed by atoms with van der Waals surface area (Å²) in [7, 11) is 0. The van der Waals surface area contributed by atoms with Crippen LogP contribution in [0.3, 0.4) is 0 Å². The zero-order valence-corrected chi connectivity index (χ0v) is 14.6. The molecule has 1 aromatic heterocycles. The van der Waals surface area contributed by atoms with E-state index in [1.54, 1.807) is 17.4 Å². The molecule has 0 radical (unpaired) electrons. The molecule has 21 heavy (non-hydrogen) atoms. The van der Waals surface area contributed by atoms with Crippen LogP contribution in [0, 0.1) is 26.6 Å². The molecule has 1 heterocycles. The monoisotopic (exact) mass is 362 g/mol. The Morgan fingerprint density at radius 2 is 1.67 bits per heavy atom. The van der Waals surface area contributed by atoms with Gasteiger partial charge in [0.1, 0.15) is 5.82 Å². The molecule has 108 valence electrons. The van der Waals surface area contributed by atoms with Crippen molar-refractivity contribution in [1.29, 1.82) is 0 Å². The summed E-state index contributed by atoms with van der Waals surface area (Å²) >= 11 is 5.48. The van der Waals surface area contributed by atoms with Crippen LogP contribution in [0.25, 0.3) is 10.1 Å². The van der Waals surface area contributed by atoms with Crippen molar-refractivity contribution in [2.24, 2.45) is 0 Å². The molecule has 3 rings (SSSR count). The lowest BCUT2D eigenvalue weighted by Crippen LogP contribution is -1.98. The molecule has 2 aromatic carbocycles. The smallest absolute Gasteiger partial charge is 0.124 e. The molecular weight excluding hydrogens is 347 g/mol. The fraction of sp³-hybridized carbons (Fsp3) is 0.222. The molecule has 0 spiro atoms. The van der Waals surface area contributed by atoms with Crippen molar-refractivity contribution in [2.45, 2.75) is 25.6 Å². The van der Waals surface area contributed by atoms with E-state index >= 15 is 0 Å². The van der Waals surface area contributed by atoms with E-state index in [0.717, 1.165) is 10.1 Å². The number of rotatable bonds is 2. The van der Waals surface area contributed by atoms with E-state index in [2.05, 4.69) is 54.9 Å². The Bertz CT molecular complexity index is 796. The Morgan fingerprint density at radius 1 is 1.00 bits per heavy atom. The van der Waals surface area contributed by atoms with Gasteiger partial charge in [-0.25, -0.2) is 4.39 Å². The second kappa shape index (κ2) is 5.54. The highest BCUT2D eigenvalue weighted by atomic mass is 79.9. The standard InChI is InChI=1S/C18H16BrFS/c1-10-6-11(2)17(12(3)7-10)18(19)16-8-13-4-5-14(20)9-15(13)21-16/h4-9,18H,1-3H3. The molecule has 0 nitrogen and oxygen atoms in total. The molecule has 0 saturated heterocycles. The minimum atomic E-state index is -0.176. The Morgan fingerprint density at radius 3 is 2.33 bits per heavy atom. The van der Waals surface area contributed by atoms with Gasteiger partial charge in [-0.1, -0.05) is 39.7 Å². The quantitative estimate of drug-likeness (QED) is 0.459. The molecular formula is C18H16BrFS. The lowest BCUT2D eigenvalue weighted by Gasteiger charge is -2.16. The van der Waals surface area contributed by atoms with Crippen LogP contribution in [0.2, 0.25) is 0 Å². The van der Waals surface area contributed by atoms with Crippen molar-refractivity contribution in [2.75, 3.05) is 0 Å². The highest BCUT2D eigenvalue weighted by Gasteiger charge is 2.18. The van der Waals surface area contributed by atoms with Gasteiger partial charge in [-0.05, 0) is 61.0 Å². The lowest BCUT2D eigenvalue weighted by molar-refractivity contribution is 0.630. The van der Waals surface area contributed by atoms with E-state index < -0.39 is 0 Å². The number of thiophene rings is 1. The largest absolute Gasteiger partial charge is 0.207 e. The maximum atomic E-state index is 13.3. The highest BCUT2D eigenvalue weighted by molar-refractivity contribution is 9.09. The molecule has 0 bridgehead atoms. The van der Waals surface area contributed by atoms with E-state index in [9.17, 15) is 4.39 Å². The van der Waals surface area contributed by atoms with Crippen molar-refractivity contribution in [3.05, 3.63) is 69.3 Å². The summed E-state index contributed by atoms with van der Waals surface area (Å²) in [6.07, 6.45) is 0. The molecule has 0 fully saturated rings. The molecule has 0 aliphatic carbocycles. The molecule has 0 N–H and O–H groups in total. The van der Waals surface area contributed by atoms with Crippen molar-refractivity contribution < 1.29 is 4.39 Å². The first-order valence-corrected chi connectivity index (χ1v) is 8.60. The third-order valence-electron chi connectivity index (χ3n) is 3.74. The predicted molar refractivity (Wildman–Crippen MR) is 93.2 cm³/mol. The Labute approximate surface area is 136 Å². The number of fused-ring (bicyclic) bond motifs is 1. The van der Waals surface area contributed by atoms with Crippen molar-refractivity contribution in [1.82, 2.24) is 0 Å². The fourth-order valence-electron chi connectivity index (χ4n) is 2.88. The number of alkyl halides is 1. The Kier molecular flexibility index (Phi) is 3.89. The second-order valence-electron chi connectivity index (χ2n) is 5.51.